The highest BCUT2D eigenvalue weighted by molar-refractivity contribution is 5.93. The average Bonchev–Trinajstić information content (AvgIpc) is 2.53. The van der Waals surface area contributed by atoms with E-state index in [-0.39, 0.29) is 0 Å². The summed E-state index contributed by atoms with van der Waals surface area (Å²) in [5.41, 5.74) is 2.98. The van der Waals surface area contributed by atoms with Gasteiger partial charge in [-0.2, -0.15) is 0 Å². The molecule has 0 saturated carbocycles. The summed E-state index contributed by atoms with van der Waals surface area (Å²) in [4.78, 5) is 11.7. The number of hydroxylamine groups is 2. The molecule has 0 heterocycles. The maximum Gasteiger partial charge on any atom is 0.276 e. The van der Waals surface area contributed by atoms with Crippen molar-refractivity contribution < 1.29 is 10.0 Å². The smallest absolute Gasteiger partial charge is 0.276 e. The molecule has 1 N–H and O–H groups in total. The number of amides is 1. The van der Waals surface area contributed by atoms with Gasteiger partial charge in [-0.25, -0.2) is 5.06 Å². The van der Waals surface area contributed by atoms with Crippen molar-refractivity contribution in [2.45, 2.75) is 25.7 Å². The molecule has 110 valence electrons. The lowest BCUT2D eigenvalue weighted by Gasteiger charge is -2.18. The molecule has 0 radical (unpaired) electrons. The molecule has 21 heavy (non-hydrogen) atoms. The van der Waals surface area contributed by atoms with Gasteiger partial charge in [0.2, 0.25) is 0 Å². The van der Waals surface area contributed by atoms with Gasteiger partial charge in [0, 0.05) is 18.5 Å². The fourth-order valence-corrected chi connectivity index (χ4v) is 2.54. The third-order valence-corrected chi connectivity index (χ3v) is 3.63. The van der Waals surface area contributed by atoms with Crippen LogP contribution < -0.4 is 0 Å². The molecule has 0 saturated heterocycles. The van der Waals surface area contributed by atoms with E-state index in [1.54, 1.807) is 12.1 Å². The number of rotatable bonds is 5. The molecule has 0 aromatic heterocycles. The Balaban J connectivity index is 2.28. The summed E-state index contributed by atoms with van der Waals surface area (Å²) in [7, 11) is 1.33. The zero-order valence-corrected chi connectivity index (χ0v) is 12.5. The van der Waals surface area contributed by atoms with Crippen molar-refractivity contribution >= 4 is 5.91 Å². The highest BCUT2D eigenvalue weighted by Crippen LogP contribution is 2.29. The van der Waals surface area contributed by atoms with Crippen LogP contribution in [0.4, 0.5) is 0 Å². The zero-order valence-electron chi connectivity index (χ0n) is 12.5. The van der Waals surface area contributed by atoms with Gasteiger partial charge >= 0.3 is 0 Å². The van der Waals surface area contributed by atoms with Crippen molar-refractivity contribution in [2.75, 3.05) is 7.05 Å². The van der Waals surface area contributed by atoms with Crippen LogP contribution in [0, 0.1) is 0 Å². The predicted molar refractivity (Wildman–Crippen MR) is 83.5 cm³/mol. The first-order valence-corrected chi connectivity index (χ1v) is 7.25. The van der Waals surface area contributed by atoms with Gasteiger partial charge in [-0.3, -0.25) is 10.0 Å². The van der Waals surface area contributed by atoms with Gasteiger partial charge < -0.3 is 0 Å². The standard InChI is InChI=1S/C18H21NO2/c1-3-7-17(14-8-5-4-6-9-14)15-10-12-16(13-11-15)18(20)19(2)21/h4-6,8-13,17,21H,3,7H2,1-2H3. The molecule has 2 aromatic rings. The Hall–Kier alpha value is -2.13. The predicted octanol–water partition coefficient (Wildman–Crippen LogP) is 4.08. The van der Waals surface area contributed by atoms with Crippen LogP contribution in [0.2, 0.25) is 0 Å². The molecule has 2 rings (SSSR count). The Morgan fingerprint density at radius 1 is 1.05 bits per heavy atom. The van der Waals surface area contributed by atoms with Gasteiger partial charge in [0.15, 0.2) is 0 Å². The molecule has 0 bridgehead atoms. The van der Waals surface area contributed by atoms with Crippen molar-refractivity contribution in [2.24, 2.45) is 0 Å². The van der Waals surface area contributed by atoms with E-state index in [0.717, 1.165) is 12.8 Å². The second-order valence-corrected chi connectivity index (χ2v) is 5.20. The van der Waals surface area contributed by atoms with Gasteiger partial charge in [-0.15, -0.1) is 0 Å². The van der Waals surface area contributed by atoms with Gasteiger partial charge in [-0.1, -0.05) is 55.8 Å². The fraction of sp³-hybridized carbons (Fsp3) is 0.278. The van der Waals surface area contributed by atoms with Crippen LogP contribution in [0.15, 0.2) is 54.6 Å². The molecule has 3 heteroatoms. The van der Waals surface area contributed by atoms with Crippen LogP contribution in [0.5, 0.6) is 0 Å². The molecule has 3 nitrogen and oxygen atoms in total. The Labute approximate surface area is 125 Å². The summed E-state index contributed by atoms with van der Waals surface area (Å²) >= 11 is 0. The topological polar surface area (TPSA) is 40.5 Å². The van der Waals surface area contributed by atoms with Crippen LogP contribution in [-0.2, 0) is 0 Å². The van der Waals surface area contributed by atoms with Crippen molar-refractivity contribution in [3.8, 4) is 0 Å². The van der Waals surface area contributed by atoms with Gasteiger partial charge in [0.05, 0.1) is 0 Å². The molecule has 0 aliphatic rings. The number of hydrogen-bond acceptors (Lipinski definition) is 2. The van der Waals surface area contributed by atoms with E-state index in [0.29, 0.717) is 16.5 Å². The van der Waals surface area contributed by atoms with E-state index in [1.165, 1.54) is 18.2 Å². The minimum atomic E-state index is -0.395. The monoisotopic (exact) mass is 283 g/mol. The van der Waals surface area contributed by atoms with Gasteiger partial charge in [-0.05, 0) is 29.7 Å². The second kappa shape index (κ2) is 7.04. The molecule has 0 aliphatic heterocycles. The SMILES string of the molecule is CCCC(c1ccccc1)c1ccc(C(=O)N(C)O)cc1. The third-order valence-electron chi connectivity index (χ3n) is 3.63. The Bertz CT molecular complexity index is 576. The quantitative estimate of drug-likeness (QED) is 0.663. The summed E-state index contributed by atoms with van der Waals surface area (Å²) in [6, 6.07) is 17.9. The Kier molecular flexibility index (Phi) is 5.12. The number of hydrogen-bond donors (Lipinski definition) is 1. The highest BCUT2D eigenvalue weighted by atomic mass is 16.5. The summed E-state index contributed by atoms with van der Waals surface area (Å²) in [5.74, 6) is -0.0551. The molecule has 1 atom stereocenters. The van der Waals surface area contributed by atoms with Crippen molar-refractivity contribution in [1.82, 2.24) is 5.06 Å². The highest BCUT2D eigenvalue weighted by Gasteiger charge is 2.14. The summed E-state index contributed by atoms with van der Waals surface area (Å²) in [5, 5.41) is 9.81. The summed E-state index contributed by atoms with van der Waals surface area (Å²) < 4.78 is 0. The van der Waals surface area contributed by atoms with Crippen molar-refractivity contribution in [3.05, 3.63) is 71.3 Å². The number of nitrogens with zero attached hydrogens (tertiary/aromatic N) is 1. The minimum Gasteiger partial charge on any atom is -0.286 e. The minimum absolute atomic E-state index is 0.340. The lowest BCUT2D eigenvalue weighted by Crippen LogP contribution is -2.22. The maximum absolute atomic E-state index is 11.7. The van der Waals surface area contributed by atoms with Crippen LogP contribution in [-0.4, -0.2) is 23.2 Å². The maximum atomic E-state index is 11.7. The van der Waals surface area contributed by atoms with Gasteiger partial charge in [0.25, 0.3) is 5.91 Å². The van der Waals surface area contributed by atoms with E-state index in [2.05, 4.69) is 31.2 Å². The first-order chi connectivity index (χ1) is 10.1. The van der Waals surface area contributed by atoms with E-state index in [9.17, 15) is 10.0 Å². The lowest BCUT2D eigenvalue weighted by atomic mass is 9.87. The Morgan fingerprint density at radius 2 is 1.62 bits per heavy atom. The van der Waals surface area contributed by atoms with E-state index in [4.69, 9.17) is 0 Å². The molecule has 2 aromatic carbocycles. The van der Waals surface area contributed by atoms with E-state index < -0.39 is 5.91 Å². The first-order valence-electron chi connectivity index (χ1n) is 7.25. The fourth-order valence-electron chi connectivity index (χ4n) is 2.54. The van der Waals surface area contributed by atoms with Crippen molar-refractivity contribution in [1.29, 1.82) is 0 Å². The van der Waals surface area contributed by atoms with E-state index in [1.807, 2.05) is 18.2 Å². The number of carbonyl (C=O) groups excluding carboxylic acids is 1. The zero-order chi connectivity index (χ0) is 15.2. The molecule has 0 spiro atoms. The van der Waals surface area contributed by atoms with Crippen LogP contribution in [0.25, 0.3) is 0 Å². The molecule has 0 aliphatic carbocycles. The van der Waals surface area contributed by atoms with Crippen LogP contribution in [0.1, 0.15) is 47.2 Å². The first kappa shape index (κ1) is 15.3. The van der Waals surface area contributed by atoms with Gasteiger partial charge in [0.1, 0.15) is 0 Å². The molecular weight excluding hydrogens is 262 g/mol. The van der Waals surface area contributed by atoms with Crippen LogP contribution in [0.3, 0.4) is 0 Å². The number of benzene rings is 2. The van der Waals surface area contributed by atoms with Crippen molar-refractivity contribution in [3.63, 3.8) is 0 Å². The lowest BCUT2D eigenvalue weighted by molar-refractivity contribution is -0.0374. The Morgan fingerprint density at radius 3 is 2.14 bits per heavy atom. The largest absolute Gasteiger partial charge is 0.286 e. The second-order valence-electron chi connectivity index (χ2n) is 5.20. The molecule has 1 unspecified atom stereocenters. The summed E-state index contributed by atoms with van der Waals surface area (Å²) in [6.07, 6.45) is 2.16. The average molecular weight is 283 g/mol. The summed E-state index contributed by atoms with van der Waals surface area (Å²) in [6.45, 7) is 2.18. The van der Waals surface area contributed by atoms with E-state index >= 15 is 0 Å². The van der Waals surface area contributed by atoms with Crippen LogP contribution >= 0.6 is 0 Å². The molecule has 1 amide bonds. The third kappa shape index (κ3) is 3.70. The molecule has 0 fully saturated rings. The normalized spacial score (nSPS) is 12.0. The molecular formula is C18H21NO2. The number of carbonyl (C=O) groups is 1.